The fourth-order valence-corrected chi connectivity index (χ4v) is 2.47. The first kappa shape index (κ1) is 13.1. The fraction of sp³-hybridized carbons (Fsp3) is 0.538. The molecule has 5 heteroatoms. The van der Waals surface area contributed by atoms with Gasteiger partial charge >= 0.3 is 0 Å². The molecule has 0 spiro atoms. The third-order valence-corrected chi connectivity index (χ3v) is 3.54. The van der Waals surface area contributed by atoms with Gasteiger partial charge in [-0.25, -0.2) is 8.78 Å². The highest BCUT2D eigenvalue weighted by Gasteiger charge is 2.24. The van der Waals surface area contributed by atoms with Crippen molar-refractivity contribution in [2.24, 2.45) is 5.92 Å². The molecule has 3 N–H and O–H groups in total. The summed E-state index contributed by atoms with van der Waals surface area (Å²) < 4.78 is 26.5. The second-order valence-electron chi connectivity index (χ2n) is 5.13. The zero-order valence-electron chi connectivity index (χ0n) is 10.7. The summed E-state index contributed by atoms with van der Waals surface area (Å²) >= 11 is 0. The highest BCUT2D eigenvalue weighted by molar-refractivity contribution is 5.67. The number of likely N-dealkylation sites (tertiary alicyclic amines) is 1. The molecule has 1 aromatic rings. The van der Waals surface area contributed by atoms with E-state index in [-0.39, 0.29) is 11.7 Å². The number of benzene rings is 1. The predicted molar refractivity (Wildman–Crippen MR) is 69.5 cm³/mol. The molecule has 0 radical (unpaired) electrons. The second-order valence-corrected chi connectivity index (χ2v) is 5.13. The molecule has 2 rings (SSSR count). The molecule has 0 saturated carbocycles. The first-order valence-electron chi connectivity index (χ1n) is 6.17. The van der Waals surface area contributed by atoms with Crippen molar-refractivity contribution in [2.45, 2.75) is 19.4 Å². The fourth-order valence-electron chi connectivity index (χ4n) is 2.47. The van der Waals surface area contributed by atoms with Crippen LogP contribution in [-0.4, -0.2) is 31.1 Å². The quantitative estimate of drug-likeness (QED) is 0.797. The highest BCUT2D eigenvalue weighted by atomic mass is 19.1. The molecule has 1 fully saturated rings. The average Bonchev–Trinajstić information content (AvgIpc) is 2.29. The molecule has 0 bridgehead atoms. The van der Waals surface area contributed by atoms with E-state index in [1.165, 1.54) is 6.07 Å². The van der Waals surface area contributed by atoms with E-state index in [4.69, 9.17) is 5.73 Å². The number of halogens is 2. The molecule has 0 aromatic heterocycles. The van der Waals surface area contributed by atoms with Crippen molar-refractivity contribution in [1.29, 1.82) is 0 Å². The van der Waals surface area contributed by atoms with Gasteiger partial charge in [0.2, 0.25) is 0 Å². The Morgan fingerprint density at radius 3 is 2.78 bits per heavy atom. The Bertz CT molecular complexity index is 436. The van der Waals surface area contributed by atoms with Crippen molar-refractivity contribution < 1.29 is 8.78 Å². The van der Waals surface area contributed by atoms with Crippen LogP contribution in [0.15, 0.2) is 12.1 Å². The zero-order valence-corrected chi connectivity index (χ0v) is 10.7. The van der Waals surface area contributed by atoms with Crippen LogP contribution in [-0.2, 0) is 0 Å². The first-order valence-corrected chi connectivity index (χ1v) is 6.17. The predicted octanol–water partition coefficient (Wildman–Crippen LogP) is 2.30. The molecule has 1 saturated heterocycles. The lowest BCUT2D eigenvalue weighted by molar-refractivity contribution is 0.206. The van der Waals surface area contributed by atoms with Crippen molar-refractivity contribution >= 4 is 11.4 Å². The third-order valence-electron chi connectivity index (χ3n) is 3.54. The minimum Gasteiger partial charge on any atom is -0.395 e. The van der Waals surface area contributed by atoms with Gasteiger partial charge in [0.25, 0.3) is 0 Å². The van der Waals surface area contributed by atoms with Crippen LogP contribution < -0.4 is 11.1 Å². The number of nitrogens with two attached hydrogens (primary N) is 1. The summed E-state index contributed by atoms with van der Waals surface area (Å²) in [6.45, 7) is 4.06. The van der Waals surface area contributed by atoms with Crippen LogP contribution in [0, 0.1) is 17.6 Å². The monoisotopic (exact) mass is 255 g/mol. The van der Waals surface area contributed by atoms with Gasteiger partial charge in [-0.2, -0.15) is 0 Å². The Hall–Kier alpha value is -1.36. The Morgan fingerprint density at radius 2 is 2.11 bits per heavy atom. The Labute approximate surface area is 106 Å². The van der Waals surface area contributed by atoms with Crippen molar-refractivity contribution in [3.8, 4) is 0 Å². The Kier molecular flexibility index (Phi) is 3.71. The Balaban J connectivity index is 2.14. The van der Waals surface area contributed by atoms with Gasteiger partial charge in [0.1, 0.15) is 5.82 Å². The molecule has 2 unspecified atom stereocenters. The molecule has 1 heterocycles. The maximum Gasteiger partial charge on any atom is 0.151 e. The molecule has 100 valence electrons. The number of hydrogen-bond donors (Lipinski definition) is 2. The maximum absolute atomic E-state index is 13.3. The van der Waals surface area contributed by atoms with Gasteiger partial charge < -0.3 is 16.0 Å². The molecular weight excluding hydrogens is 236 g/mol. The number of nitrogens with zero attached hydrogens (tertiary/aromatic N) is 1. The number of nitrogen functional groups attached to an aromatic ring is 1. The van der Waals surface area contributed by atoms with E-state index < -0.39 is 11.6 Å². The maximum atomic E-state index is 13.3. The largest absolute Gasteiger partial charge is 0.395 e. The minimum absolute atomic E-state index is 0.0115. The van der Waals surface area contributed by atoms with Gasteiger partial charge in [-0.05, 0) is 32.0 Å². The number of hydrogen-bond acceptors (Lipinski definition) is 3. The van der Waals surface area contributed by atoms with Gasteiger partial charge in [0.15, 0.2) is 5.82 Å². The zero-order chi connectivity index (χ0) is 13.3. The summed E-state index contributed by atoms with van der Waals surface area (Å²) in [6.07, 6.45) is 0.940. The van der Waals surface area contributed by atoms with E-state index >= 15 is 0 Å². The van der Waals surface area contributed by atoms with Crippen molar-refractivity contribution in [1.82, 2.24) is 4.90 Å². The standard InChI is InChI=1S/C13H19F2N3/c1-8-7-18(2)4-3-11(8)17-12-6-9(14)5-10(15)13(12)16/h5-6,8,11,17H,3-4,7,16H2,1-2H3. The van der Waals surface area contributed by atoms with Crippen molar-refractivity contribution in [3.05, 3.63) is 23.8 Å². The number of rotatable bonds is 2. The van der Waals surface area contributed by atoms with Crippen LogP contribution in [0.5, 0.6) is 0 Å². The molecule has 1 aliphatic rings. The van der Waals surface area contributed by atoms with Gasteiger partial charge in [0.05, 0.1) is 11.4 Å². The van der Waals surface area contributed by atoms with Crippen LogP contribution in [0.2, 0.25) is 0 Å². The first-order chi connectivity index (χ1) is 8.47. The van der Waals surface area contributed by atoms with Gasteiger partial charge in [-0.3, -0.25) is 0 Å². The third kappa shape index (κ3) is 2.72. The number of anilines is 2. The lowest BCUT2D eigenvalue weighted by Gasteiger charge is -2.36. The van der Waals surface area contributed by atoms with Gasteiger partial charge in [-0.15, -0.1) is 0 Å². The SMILES string of the molecule is CC1CN(C)CCC1Nc1cc(F)cc(F)c1N. The molecule has 2 atom stereocenters. The minimum atomic E-state index is -0.710. The van der Waals surface area contributed by atoms with E-state index in [2.05, 4.69) is 24.2 Å². The molecule has 18 heavy (non-hydrogen) atoms. The smallest absolute Gasteiger partial charge is 0.151 e. The average molecular weight is 255 g/mol. The van der Waals surface area contributed by atoms with Gasteiger partial charge in [-0.1, -0.05) is 6.92 Å². The van der Waals surface area contributed by atoms with E-state index in [9.17, 15) is 8.78 Å². The molecular formula is C13H19F2N3. The second kappa shape index (κ2) is 5.10. The van der Waals surface area contributed by atoms with E-state index in [0.717, 1.165) is 25.6 Å². The highest BCUT2D eigenvalue weighted by Crippen LogP contribution is 2.27. The summed E-state index contributed by atoms with van der Waals surface area (Å²) in [5.41, 5.74) is 5.97. The van der Waals surface area contributed by atoms with Crippen LogP contribution in [0.4, 0.5) is 20.2 Å². The van der Waals surface area contributed by atoms with Crippen LogP contribution in [0.3, 0.4) is 0 Å². The number of nitrogens with one attached hydrogen (secondary N) is 1. The van der Waals surface area contributed by atoms with E-state index in [1.807, 2.05) is 0 Å². The number of piperidine rings is 1. The lowest BCUT2D eigenvalue weighted by atomic mass is 9.94. The molecule has 3 nitrogen and oxygen atoms in total. The van der Waals surface area contributed by atoms with Crippen LogP contribution in [0.25, 0.3) is 0 Å². The molecule has 1 aliphatic heterocycles. The summed E-state index contributed by atoms with van der Waals surface area (Å²) in [5.74, 6) is -0.905. The normalized spacial score (nSPS) is 25.1. The van der Waals surface area contributed by atoms with Crippen LogP contribution >= 0.6 is 0 Å². The summed E-state index contributed by atoms with van der Waals surface area (Å²) in [5, 5.41) is 3.17. The molecule has 0 aliphatic carbocycles. The molecule has 0 amide bonds. The summed E-state index contributed by atoms with van der Waals surface area (Å²) in [6, 6.07) is 2.26. The lowest BCUT2D eigenvalue weighted by Crippen LogP contribution is -2.43. The van der Waals surface area contributed by atoms with Crippen LogP contribution in [0.1, 0.15) is 13.3 Å². The summed E-state index contributed by atoms with van der Waals surface area (Å²) in [7, 11) is 2.07. The Morgan fingerprint density at radius 1 is 1.39 bits per heavy atom. The molecule has 1 aromatic carbocycles. The van der Waals surface area contributed by atoms with Gasteiger partial charge in [0, 0.05) is 18.7 Å². The van der Waals surface area contributed by atoms with Crippen molar-refractivity contribution in [2.75, 3.05) is 31.2 Å². The van der Waals surface area contributed by atoms with Crippen molar-refractivity contribution in [3.63, 3.8) is 0 Å². The summed E-state index contributed by atoms with van der Waals surface area (Å²) in [4.78, 5) is 2.25. The topological polar surface area (TPSA) is 41.3 Å². The van der Waals surface area contributed by atoms with E-state index in [1.54, 1.807) is 0 Å². The van der Waals surface area contributed by atoms with E-state index in [0.29, 0.717) is 11.6 Å².